The Morgan fingerprint density at radius 2 is 1.76 bits per heavy atom. The maximum Gasteiger partial charge on any atom is 0.208 e. The number of fused-ring (bicyclic) bond motifs is 1. The summed E-state index contributed by atoms with van der Waals surface area (Å²) < 4.78 is 11.7. The summed E-state index contributed by atoms with van der Waals surface area (Å²) in [7, 11) is -1.35. The van der Waals surface area contributed by atoms with Gasteiger partial charge >= 0.3 is 0 Å². The molecule has 114 valence electrons. The monoisotopic (exact) mass is 302 g/mol. The molecule has 1 atom stereocenters. The molecular weight excluding hydrogens is 276 g/mol. The molecule has 0 amide bonds. The van der Waals surface area contributed by atoms with Crippen LogP contribution >= 0.6 is 0 Å². The first kappa shape index (κ1) is 16.2. The molecular formula is C18H26O2Si. The summed E-state index contributed by atoms with van der Waals surface area (Å²) in [6, 6.07) is 16.4. The van der Waals surface area contributed by atoms with Crippen LogP contribution in [0.2, 0.25) is 6.04 Å². The predicted molar refractivity (Wildman–Crippen MR) is 92.9 cm³/mol. The molecule has 0 heterocycles. The molecule has 2 rings (SSSR count). The fourth-order valence-corrected chi connectivity index (χ4v) is 5.22. The van der Waals surface area contributed by atoms with Gasteiger partial charge < -0.3 is 9.16 Å². The minimum atomic E-state index is -1.35. The summed E-state index contributed by atoms with van der Waals surface area (Å²) in [6.07, 6.45) is 2.18. The lowest BCUT2D eigenvalue weighted by atomic mass is 10.1. The molecule has 2 aromatic rings. The number of hydrogen-bond acceptors (Lipinski definition) is 2. The van der Waals surface area contributed by atoms with Gasteiger partial charge in [0.05, 0.1) is 0 Å². The molecule has 0 fully saturated rings. The minimum absolute atomic E-state index is 0.791. The Labute approximate surface area is 129 Å². The lowest BCUT2D eigenvalue weighted by Crippen LogP contribution is -2.34. The van der Waals surface area contributed by atoms with E-state index >= 15 is 0 Å². The van der Waals surface area contributed by atoms with E-state index in [1.54, 1.807) is 0 Å². The molecule has 0 radical (unpaired) electrons. The van der Waals surface area contributed by atoms with Gasteiger partial charge in [-0.1, -0.05) is 55.8 Å². The summed E-state index contributed by atoms with van der Waals surface area (Å²) in [6.45, 7) is 6.69. The molecule has 0 N–H and O–H groups in total. The Morgan fingerprint density at radius 1 is 0.952 bits per heavy atom. The van der Waals surface area contributed by atoms with E-state index in [1.807, 2.05) is 6.92 Å². The number of benzene rings is 2. The van der Waals surface area contributed by atoms with Crippen molar-refractivity contribution in [2.45, 2.75) is 32.7 Å². The number of ether oxygens (including phenoxy) is 1. The zero-order valence-electron chi connectivity index (χ0n) is 13.2. The predicted octanol–water partition coefficient (Wildman–Crippen LogP) is 3.62. The molecule has 2 nitrogen and oxygen atoms in total. The number of rotatable bonds is 9. The molecule has 0 aliphatic heterocycles. The van der Waals surface area contributed by atoms with Crippen LogP contribution in [0.25, 0.3) is 10.8 Å². The standard InChI is InChI=1S/C18H26O2Si/c1-3-15-21(20-14-8-13-19-4-2)18-12-7-10-16-9-5-6-11-17(16)18/h5-7,9-12,21H,3-4,8,13-15H2,1-2H3. The largest absolute Gasteiger partial charge is 0.415 e. The molecule has 0 aliphatic carbocycles. The summed E-state index contributed by atoms with van der Waals surface area (Å²) in [4.78, 5) is 0. The lowest BCUT2D eigenvalue weighted by molar-refractivity contribution is 0.131. The van der Waals surface area contributed by atoms with E-state index in [1.165, 1.54) is 28.4 Å². The number of hydrogen-bond donors (Lipinski definition) is 0. The van der Waals surface area contributed by atoms with Gasteiger partial charge in [0, 0.05) is 19.8 Å². The first-order valence-electron chi connectivity index (χ1n) is 8.03. The van der Waals surface area contributed by atoms with E-state index in [2.05, 4.69) is 49.4 Å². The fourth-order valence-electron chi connectivity index (χ4n) is 2.65. The smallest absolute Gasteiger partial charge is 0.208 e. The zero-order valence-corrected chi connectivity index (χ0v) is 14.3. The quantitative estimate of drug-likeness (QED) is 0.520. The van der Waals surface area contributed by atoms with E-state index in [4.69, 9.17) is 9.16 Å². The third-order valence-corrected chi connectivity index (χ3v) is 6.61. The van der Waals surface area contributed by atoms with Crippen LogP contribution in [-0.2, 0) is 9.16 Å². The first-order valence-corrected chi connectivity index (χ1v) is 9.90. The molecule has 0 bridgehead atoms. The lowest BCUT2D eigenvalue weighted by Gasteiger charge is -2.18. The summed E-state index contributed by atoms with van der Waals surface area (Å²) in [5.74, 6) is 0. The molecule has 1 unspecified atom stereocenters. The van der Waals surface area contributed by atoms with Gasteiger partial charge in [0.25, 0.3) is 0 Å². The van der Waals surface area contributed by atoms with Crippen molar-refractivity contribution in [3.05, 3.63) is 42.5 Å². The third kappa shape index (κ3) is 4.66. The van der Waals surface area contributed by atoms with Crippen molar-refractivity contribution < 1.29 is 9.16 Å². The highest BCUT2D eigenvalue weighted by atomic mass is 28.3. The molecule has 0 spiro atoms. The van der Waals surface area contributed by atoms with Crippen molar-refractivity contribution in [1.82, 2.24) is 0 Å². The second-order valence-corrected chi connectivity index (χ2v) is 7.78. The molecule has 0 aliphatic rings. The fraction of sp³-hybridized carbons (Fsp3) is 0.444. The van der Waals surface area contributed by atoms with Crippen molar-refractivity contribution in [3.8, 4) is 0 Å². The summed E-state index contributed by atoms with van der Waals surface area (Å²) in [5.41, 5.74) is 0. The second kappa shape index (κ2) is 8.98. The maximum atomic E-state index is 6.28. The van der Waals surface area contributed by atoms with Crippen molar-refractivity contribution in [1.29, 1.82) is 0 Å². The van der Waals surface area contributed by atoms with Gasteiger partial charge in [-0.05, 0) is 35.3 Å². The molecule has 3 heteroatoms. The van der Waals surface area contributed by atoms with Gasteiger partial charge in [-0.3, -0.25) is 0 Å². The minimum Gasteiger partial charge on any atom is -0.415 e. The van der Waals surface area contributed by atoms with Gasteiger partial charge in [0.2, 0.25) is 9.04 Å². The van der Waals surface area contributed by atoms with Crippen LogP contribution in [0.4, 0.5) is 0 Å². The highest BCUT2D eigenvalue weighted by molar-refractivity contribution is 6.70. The van der Waals surface area contributed by atoms with Crippen LogP contribution < -0.4 is 5.19 Å². The van der Waals surface area contributed by atoms with E-state index in [9.17, 15) is 0 Å². The Bertz CT molecular complexity index is 536. The molecule has 0 saturated heterocycles. The average molecular weight is 302 g/mol. The van der Waals surface area contributed by atoms with Gasteiger partial charge in [0.15, 0.2) is 0 Å². The van der Waals surface area contributed by atoms with Gasteiger partial charge in [-0.25, -0.2) is 0 Å². The van der Waals surface area contributed by atoms with Crippen LogP contribution in [0.15, 0.2) is 42.5 Å². The van der Waals surface area contributed by atoms with Gasteiger partial charge in [-0.2, -0.15) is 0 Å². The molecule has 0 saturated carbocycles. The van der Waals surface area contributed by atoms with Crippen molar-refractivity contribution in [3.63, 3.8) is 0 Å². The van der Waals surface area contributed by atoms with Crippen LogP contribution in [0.5, 0.6) is 0 Å². The van der Waals surface area contributed by atoms with Crippen LogP contribution in [0.1, 0.15) is 26.7 Å². The average Bonchev–Trinajstić information content (AvgIpc) is 2.53. The second-order valence-electron chi connectivity index (χ2n) is 5.27. The Hall–Kier alpha value is -1.16. The Morgan fingerprint density at radius 3 is 2.57 bits per heavy atom. The first-order chi connectivity index (χ1) is 10.4. The van der Waals surface area contributed by atoms with Crippen molar-refractivity contribution >= 4 is 25.0 Å². The molecule has 2 aromatic carbocycles. The Kier molecular flexibility index (Phi) is 6.93. The maximum absolute atomic E-state index is 6.28. The van der Waals surface area contributed by atoms with Gasteiger partial charge in [-0.15, -0.1) is 0 Å². The van der Waals surface area contributed by atoms with Crippen molar-refractivity contribution in [2.24, 2.45) is 0 Å². The highest BCUT2D eigenvalue weighted by Crippen LogP contribution is 2.14. The van der Waals surface area contributed by atoms with Gasteiger partial charge in [0.1, 0.15) is 0 Å². The van der Waals surface area contributed by atoms with E-state index < -0.39 is 9.04 Å². The summed E-state index contributed by atoms with van der Waals surface area (Å²) in [5, 5.41) is 4.14. The Balaban J connectivity index is 2.08. The van der Waals surface area contributed by atoms with Crippen LogP contribution in [0.3, 0.4) is 0 Å². The molecule has 21 heavy (non-hydrogen) atoms. The highest BCUT2D eigenvalue weighted by Gasteiger charge is 2.16. The van der Waals surface area contributed by atoms with E-state index in [0.717, 1.165) is 26.2 Å². The van der Waals surface area contributed by atoms with E-state index in [-0.39, 0.29) is 0 Å². The van der Waals surface area contributed by atoms with E-state index in [0.29, 0.717) is 0 Å². The van der Waals surface area contributed by atoms with Crippen molar-refractivity contribution in [2.75, 3.05) is 19.8 Å². The SMILES string of the molecule is CCC[SiH](OCCCOCC)c1cccc2ccccc12. The zero-order chi connectivity index (χ0) is 14.9. The van der Waals surface area contributed by atoms with Crippen LogP contribution in [0, 0.1) is 0 Å². The summed E-state index contributed by atoms with van der Waals surface area (Å²) >= 11 is 0. The molecule has 0 aromatic heterocycles. The topological polar surface area (TPSA) is 18.5 Å². The normalized spacial score (nSPS) is 12.7. The third-order valence-electron chi connectivity index (χ3n) is 3.68. The van der Waals surface area contributed by atoms with Crippen LogP contribution in [-0.4, -0.2) is 28.9 Å².